The number of nitro groups is 1. The van der Waals surface area contributed by atoms with Gasteiger partial charge in [-0.25, -0.2) is 0 Å². The smallest absolute Gasteiger partial charge is 0.269 e. The van der Waals surface area contributed by atoms with Gasteiger partial charge in [-0.3, -0.25) is 14.9 Å². The highest BCUT2D eigenvalue weighted by Crippen LogP contribution is 2.49. The number of nitro benzene ring substituents is 1. The van der Waals surface area contributed by atoms with E-state index in [1.807, 2.05) is 0 Å². The second-order valence-corrected chi connectivity index (χ2v) is 6.28. The van der Waals surface area contributed by atoms with Crippen molar-refractivity contribution in [2.45, 2.75) is 5.41 Å². The Morgan fingerprint density at radius 2 is 1.37 bits per heavy atom. The van der Waals surface area contributed by atoms with Gasteiger partial charge in [0, 0.05) is 23.4 Å². The van der Waals surface area contributed by atoms with Crippen LogP contribution in [0.15, 0.2) is 66.7 Å². The van der Waals surface area contributed by atoms with E-state index < -0.39 is 10.3 Å². The van der Waals surface area contributed by atoms with Crippen molar-refractivity contribution < 1.29 is 19.9 Å². The first kappa shape index (κ1) is 16.6. The summed E-state index contributed by atoms with van der Waals surface area (Å²) in [5.41, 5.74) is 0.533. The Labute approximate surface area is 153 Å². The molecule has 134 valence electrons. The highest BCUT2D eigenvalue weighted by atomic mass is 16.6. The van der Waals surface area contributed by atoms with Crippen LogP contribution in [0.5, 0.6) is 11.5 Å². The van der Waals surface area contributed by atoms with Crippen molar-refractivity contribution >= 4 is 17.3 Å². The quantitative estimate of drug-likeness (QED) is 0.489. The van der Waals surface area contributed by atoms with Crippen LogP contribution in [0.25, 0.3) is 0 Å². The average molecular weight is 362 g/mol. The van der Waals surface area contributed by atoms with Crippen LogP contribution >= 0.6 is 0 Å². The molecule has 4 rings (SSSR count). The number of nitrogens with one attached hydrogen (secondary N) is 1. The van der Waals surface area contributed by atoms with Gasteiger partial charge in [-0.2, -0.15) is 0 Å². The van der Waals surface area contributed by atoms with Crippen LogP contribution in [0.4, 0.5) is 11.4 Å². The van der Waals surface area contributed by atoms with Crippen LogP contribution in [0.1, 0.15) is 16.7 Å². The molecule has 0 bridgehead atoms. The van der Waals surface area contributed by atoms with Crippen LogP contribution in [0.2, 0.25) is 0 Å². The minimum Gasteiger partial charge on any atom is -0.508 e. The van der Waals surface area contributed by atoms with Gasteiger partial charge < -0.3 is 15.5 Å². The minimum absolute atomic E-state index is 0.0391. The van der Waals surface area contributed by atoms with Crippen LogP contribution < -0.4 is 5.32 Å². The fourth-order valence-electron chi connectivity index (χ4n) is 3.57. The van der Waals surface area contributed by atoms with Gasteiger partial charge in [-0.05, 0) is 41.5 Å². The number of anilines is 1. The van der Waals surface area contributed by atoms with E-state index in [-0.39, 0.29) is 23.1 Å². The van der Waals surface area contributed by atoms with Crippen molar-refractivity contribution in [3.63, 3.8) is 0 Å². The first-order valence-electron chi connectivity index (χ1n) is 8.12. The van der Waals surface area contributed by atoms with Crippen molar-refractivity contribution in [3.8, 4) is 11.5 Å². The number of amides is 1. The topological polar surface area (TPSA) is 113 Å². The molecule has 0 unspecified atom stereocenters. The number of aromatic hydroxyl groups is 2. The number of nitrogens with zero attached hydrogens (tertiary/aromatic N) is 1. The Hall–Kier alpha value is -3.87. The van der Waals surface area contributed by atoms with Gasteiger partial charge in [0.1, 0.15) is 16.9 Å². The summed E-state index contributed by atoms with van der Waals surface area (Å²) < 4.78 is 0. The third-order valence-electron chi connectivity index (χ3n) is 4.81. The van der Waals surface area contributed by atoms with Crippen LogP contribution in [0, 0.1) is 10.1 Å². The zero-order valence-electron chi connectivity index (χ0n) is 13.9. The van der Waals surface area contributed by atoms with E-state index in [9.17, 15) is 25.1 Å². The summed E-state index contributed by atoms with van der Waals surface area (Å²) in [6.45, 7) is 0. The number of rotatable bonds is 3. The van der Waals surface area contributed by atoms with Crippen LogP contribution in [-0.4, -0.2) is 21.0 Å². The maximum Gasteiger partial charge on any atom is 0.269 e. The normalized spacial score (nSPS) is 14.4. The van der Waals surface area contributed by atoms with E-state index in [2.05, 4.69) is 5.32 Å². The predicted molar refractivity (Wildman–Crippen MR) is 97.8 cm³/mol. The largest absolute Gasteiger partial charge is 0.508 e. The summed E-state index contributed by atoms with van der Waals surface area (Å²) in [6, 6.07) is 16.5. The Balaban J connectivity index is 2.07. The molecule has 1 aliphatic heterocycles. The monoisotopic (exact) mass is 362 g/mol. The predicted octanol–water partition coefficient (Wildman–Crippen LogP) is 3.29. The van der Waals surface area contributed by atoms with Gasteiger partial charge in [-0.1, -0.05) is 24.3 Å². The number of hydrogen-bond acceptors (Lipinski definition) is 5. The Morgan fingerprint density at radius 3 is 1.85 bits per heavy atom. The van der Waals surface area contributed by atoms with Crippen molar-refractivity contribution in [2.24, 2.45) is 0 Å². The molecule has 0 spiro atoms. The molecule has 0 aromatic heterocycles. The maximum absolute atomic E-state index is 13.2. The first-order valence-corrected chi connectivity index (χ1v) is 8.12. The molecule has 3 aromatic rings. The fourth-order valence-corrected chi connectivity index (χ4v) is 3.57. The Morgan fingerprint density at radius 1 is 0.852 bits per heavy atom. The standard InChI is InChI=1S/C20H14N2O5/c23-15-6-1-12(2-7-15)20(13-3-8-16(24)9-4-13)17-11-14(22(26)27)5-10-18(17)21-19(20)25/h1-11,23-24H,(H,21,25). The van der Waals surface area contributed by atoms with Crippen molar-refractivity contribution in [2.75, 3.05) is 5.32 Å². The number of phenols is 2. The third kappa shape index (κ3) is 2.40. The Bertz CT molecular complexity index is 1010. The summed E-state index contributed by atoms with van der Waals surface area (Å²) in [5, 5.41) is 33.4. The van der Waals surface area contributed by atoms with E-state index in [0.717, 1.165) is 0 Å². The second-order valence-electron chi connectivity index (χ2n) is 6.28. The lowest BCUT2D eigenvalue weighted by atomic mass is 9.70. The molecule has 1 amide bonds. The highest BCUT2D eigenvalue weighted by Gasteiger charge is 2.50. The van der Waals surface area contributed by atoms with Crippen molar-refractivity contribution in [3.05, 3.63) is 93.5 Å². The molecule has 3 aromatic carbocycles. The lowest BCUT2D eigenvalue weighted by Crippen LogP contribution is -2.37. The molecular weight excluding hydrogens is 348 g/mol. The van der Waals surface area contributed by atoms with Gasteiger partial charge >= 0.3 is 0 Å². The van der Waals surface area contributed by atoms with E-state index in [4.69, 9.17) is 0 Å². The zero-order chi connectivity index (χ0) is 19.2. The van der Waals surface area contributed by atoms with Gasteiger partial charge in [0.15, 0.2) is 0 Å². The lowest BCUT2D eigenvalue weighted by Gasteiger charge is -2.29. The summed E-state index contributed by atoms with van der Waals surface area (Å²) >= 11 is 0. The third-order valence-corrected chi connectivity index (χ3v) is 4.81. The number of non-ortho nitro benzene ring substituents is 1. The molecule has 0 radical (unpaired) electrons. The molecule has 7 nitrogen and oxygen atoms in total. The molecule has 0 atom stereocenters. The SMILES string of the molecule is O=C1Nc2ccc([N+](=O)[O-])cc2C1(c1ccc(O)cc1)c1ccc(O)cc1. The number of fused-ring (bicyclic) bond motifs is 1. The maximum atomic E-state index is 13.2. The van der Waals surface area contributed by atoms with E-state index in [1.54, 1.807) is 24.3 Å². The zero-order valence-corrected chi connectivity index (χ0v) is 13.9. The van der Waals surface area contributed by atoms with Crippen LogP contribution in [0.3, 0.4) is 0 Å². The van der Waals surface area contributed by atoms with E-state index in [0.29, 0.717) is 22.4 Å². The van der Waals surface area contributed by atoms with Crippen molar-refractivity contribution in [1.29, 1.82) is 0 Å². The number of benzene rings is 3. The molecule has 0 saturated heterocycles. The molecule has 0 aliphatic carbocycles. The number of hydrogen-bond donors (Lipinski definition) is 3. The molecule has 27 heavy (non-hydrogen) atoms. The molecule has 3 N–H and O–H groups in total. The number of carbonyl (C=O) groups excluding carboxylic acids is 1. The van der Waals surface area contributed by atoms with E-state index >= 15 is 0 Å². The van der Waals surface area contributed by atoms with Gasteiger partial charge in [0.25, 0.3) is 5.69 Å². The summed E-state index contributed by atoms with van der Waals surface area (Å²) in [7, 11) is 0. The summed E-state index contributed by atoms with van der Waals surface area (Å²) in [5.74, 6) is -0.288. The molecule has 1 heterocycles. The van der Waals surface area contributed by atoms with E-state index in [1.165, 1.54) is 42.5 Å². The van der Waals surface area contributed by atoms with Crippen LogP contribution in [-0.2, 0) is 10.2 Å². The number of carbonyl (C=O) groups is 1. The first-order chi connectivity index (χ1) is 12.9. The highest BCUT2D eigenvalue weighted by molar-refractivity contribution is 6.11. The van der Waals surface area contributed by atoms with Crippen molar-refractivity contribution in [1.82, 2.24) is 0 Å². The fraction of sp³-hybridized carbons (Fsp3) is 0.0500. The second kappa shape index (κ2) is 5.84. The summed E-state index contributed by atoms with van der Waals surface area (Å²) in [6.07, 6.45) is 0. The summed E-state index contributed by atoms with van der Waals surface area (Å²) in [4.78, 5) is 24.0. The number of phenolic OH excluding ortho intramolecular Hbond substituents is 2. The molecule has 0 fully saturated rings. The molecule has 7 heteroatoms. The van der Waals surface area contributed by atoms with Gasteiger partial charge in [0.2, 0.25) is 5.91 Å². The molecule has 1 aliphatic rings. The van der Waals surface area contributed by atoms with Gasteiger partial charge in [-0.15, -0.1) is 0 Å². The molecular formula is C20H14N2O5. The Kier molecular flexibility index (Phi) is 3.59. The van der Waals surface area contributed by atoms with Gasteiger partial charge in [0.05, 0.1) is 4.92 Å². The lowest BCUT2D eigenvalue weighted by molar-refractivity contribution is -0.384. The molecule has 0 saturated carbocycles. The average Bonchev–Trinajstić information content (AvgIpc) is 2.95. The minimum atomic E-state index is -1.34.